The molecular formula is C70H105N7O23. The van der Waals surface area contributed by atoms with Crippen LogP contribution >= 0.6 is 0 Å². The first-order valence-corrected chi connectivity index (χ1v) is 35.3. The summed E-state index contributed by atoms with van der Waals surface area (Å²) >= 11 is 0. The van der Waals surface area contributed by atoms with Crippen LogP contribution in [-0.2, 0) is 97.1 Å². The number of hydroxylamine groups is 2. The molecule has 7 saturated heterocycles. The van der Waals surface area contributed by atoms with Crippen molar-refractivity contribution < 1.29 is 110 Å². The fourth-order valence-electron chi connectivity index (χ4n) is 14.2. The molecule has 7 fully saturated rings. The lowest BCUT2D eigenvalue weighted by atomic mass is 9.81. The second-order valence-electron chi connectivity index (χ2n) is 27.3. The number of ketones is 1. The normalized spacial score (nSPS) is 30.3. The molecule has 9 N–H and O–H groups in total. The number of anilines is 1. The lowest BCUT2D eigenvalue weighted by Gasteiger charge is -2.49. The van der Waals surface area contributed by atoms with Gasteiger partial charge in [0.15, 0.2) is 0 Å². The molecule has 1 aromatic carbocycles. The lowest BCUT2D eigenvalue weighted by molar-refractivity contribution is -0.268. The average Bonchev–Trinajstić information content (AvgIpc) is 1.41. The summed E-state index contributed by atoms with van der Waals surface area (Å²) in [6.07, 6.45) is 1.63. The summed E-state index contributed by atoms with van der Waals surface area (Å²) in [4.78, 5) is 116. The number of imide groups is 1. The summed E-state index contributed by atoms with van der Waals surface area (Å²) < 4.78 is 66.6. The number of carbonyl (C=O) groups is 9. The first kappa shape index (κ1) is 79.2. The van der Waals surface area contributed by atoms with Gasteiger partial charge < -0.3 is 99.5 Å². The van der Waals surface area contributed by atoms with E-state index in [2.05, 4.69) is 53.6 Å². The number of nitrogens with zero attached hydrogens (tertiary/aromatic N) is 1. The van der Waals surface area contributed by atoms with Crippen LogP contribution < -0.4 is 32.3 Å². The molecule has 8 rings (SSSR count). The van der Waals surface area contributed by atoms with Gasteiger partial charge in [0.05, 0.1) is 125 Å². The number of fused-ring (bicyclic) bond motifs is 1. The van der Waals surface area contributed by atoms with Crippen molar-refractivity contribution in [2.45, 2.75) is 241 Å². The Morgan fingerprint density at radius 3 is 2.17 bits per heavy atom. The van der Waals surface area contributed by atoms with Crippen molar-refractivity contribution in [2.24, 2.45) is 23.5 Å². The molecule has 0 saturated carbocycles. The van der Waals surface area contributed by atoms with Crippen LogP contribution in [0.3, 0.4) is 0 Å². The Hall–Kier alpha value is -6.55. The number of hydrogen-bond acceptors (Lipinski definition) is 23. The number of hydrogen-bond donors (Lipinski definition) is 8. The van der Waals surface area contributed by atoms with Gasteiger partial charge in [0.2, 0.25) is 17.7 Å². The van der Waals surface area contributed by atoms with Crippen molar-refractivity contribution in [3.8, 4) is 0 Å². The lowest BCUT2D eigenvalue weighted by Crippen LogP contribution is -2.61. The van der Waals surface area contributed by atoms with E-state index in [1.807, 2.05) is 6.92 Å². The fourth-order valence-corrected chi connectivity index (χ4v) is 14.2. The van der Waals surface area contributed by atoms with Crippen LogP contribution in [0.1, 0.15) is 142 Å². The topological polar surface area (TPSA) is 394 Å². The number of amides is 8. The van der Waals surface area contributed by atoms with Crippen molar-refractivity contribution in [2.75, 3.05) is 72.2 Å². The molecular weight excluding hydrogens is 1310 g/mol. The number of nitrogens with two attached hydrogens (primary N) is 1. The number of alkyl carbamates (subject to hydrolysis) is 1. The Morgan fingerprint density at radius 2 is 1.46 bits per heavy atom. The number of methoxy groups -OCH3 is 2. The monoisotopic (exact) mass is 1410 g/mol. The Labute approximate surface area is 584 Å². The summed E-state index contributed by atoms with van der Waals surface area (Å²) in [5, 5.41) is 36.0. The number of aliphatic hydroxyl groups excluding tert-OH is 2. The molecule has 0 spiro atoms. The van der Waals surface area contributed by atoms with Crippen LogP contribution in [0.25, 0.3) is 0 Å². The van der Waals surface area contributed by atoms with Gasteiger partial charge in [0.25, 0.3) is 11.8 Å². The molecule has 558 valence electrons. The Balaban J connectivity index is 0.676. The summed E-state index contributed by atoms with van der Waals surface area (Å²) in [6, 6.07) is 4.49. The first-order chi connectivity index (χ1) is 47.9. The second kappa shape index (κ2) is 39.2. The predicted octanol–water partition coefficient (Wildman–Crippen LogP) is 3.58. The quantitative estimate of drug-likeness (QED) is 0.0266. The number of urea groups is 1. The summed E-state index contributed by atoms with van der Waals surface area (Å²) in [7, 11) is 3.22. The highest BCUT2D eigenvalue weighted by Crippen LogP contribution is 2.42. The van der Waals surface area contributed by atoms with Crippen LogP contribution in [0.4, 0.5) is 15.3 Å². The maximum absolute atomic E-state index is 13.7. The molecule has 0 bridgehead atoms. The van der Waals surface area contributed by atoms with Gasteiger partial charge in [-0.05, 0) is 106 Å². The van der Waals surface area contributed by atoms with Crippen molar-refractivity contribution in [3.05, 3.63) is 54.1 Å². The third-order valence-corrected chi connectivity index (χ3v) is 19.8. The smallest absolute Gasteiger partial charge is 0.407 e. The predicted molar refractivity (Wildman–Crippen MR) is 356 cm³/mol. The minimum Gasteiger partial charge on any atom is -0.445 e. The van der Waals surface area contributed by atoms with Crippen molar-refractivity contribution in [3.63, 3.8) is 0 Å². The maximum Gasteiger partial charge on any atom is 0.407 e. The second-order valence-corrected chi connectivity index (χ2v) is 27.3. The molecule has 7 heterocycles. The molecule has 7 aliphatic rings. The number of primary amides is 1. The van der Waals surface area contributed by atoms with E-state index >= 15 is 0 Å². The summed E-state index contributed by atoms with van der Waals surface area (Å²) in [5.74, 6) is -3.98. The van der Waals surface area contributed by atoms with E-state index in [1.165, 1.54) is 7.11 Å². The van der Waals surface area contributed by atoms with Gasteiger partial charge in [-0.1, -0.05) is 39.1 Å². The molecule has 7 aliphatic heterocycles. The fraction of sp³-hybridized carbons (Fsp3) is 0.729. The Kier molecular flexibility index (Phi) is 31.0. The van der Waals surface area contributed by atoms with Crippen LogP contribution in [0.15, 0.2) is 48.6 Å². The molecule has 0 radical (unpaired) electrons. The van der Waals surface area contributed by atoms with E-state index in [1.54, 1.807) is 31.4 Å². The first-order valence-electron chi connectivity index (χ1n) is 35.3. The van der Waals surface area contributed by atoms with Crippen LogP contribution in [-0.4, -0.2) is 233 Å². The zero-order valence-corrected chi connectivity index (χ0v) is 58.3. The zero-order valence-electron chi connectivity index (χ0n) is 58.3. The van der Waals surface area contributed by atoms with Crippen LogP contribution in [0, 0.1) is 17.8 Å². The van der Waals surface area contributed by atoms with Gasteiger partial charge >= 0.3 is 18.1 Å². The molecule has 100 heavy (non-hydrogen) atoms. The molecule has 19 atom stereocenters. The SMILES string of the molecule is C=C1C[C@H](CC[C@@H]2C[C@@H](OC)[C@@H](C3O[C@H]4CC[C@H](CC(=O)C[C@H]5COC(C[C@H](O)CNC(=O)OCc6ccc(NC(=O)[C@H](CCCNC(N)=O)NC(=O)CNC(=O)CCOCCOCCC(=O)ON7C(=O)CCC7=O)cc6)[C@@H]5OC)O[C@@H]4[C@H](O)C3C)O2)O[C@H]1CC[C@H]1C[C@@H](C)C(=C)[C@@H](C)O1. The average molecular weight is 1410 g/mol. The molecule has 30 nitrogen and oxygen atoms in total. The zero-order chi connectivity index (χ0) is 72.0. The molecule has 1 aromatic rings. The molecule has 8 amide bonds. The third kappa shape index (κ3) is 23.8. The summed E-state index contributed by atoms with van der Waals surface area (Å²) in [5.41, 5.74) is 8.38. The van der Waals surface area contributed by atoms with Gasteiger partial charge in [-0.25, -0.2) is 14.4 Å². The standard InChI is InChI=1S/C70H105N7O23/c1-39-29-49(95-43(5)41(39)3)16-18-54-40(2)30-50(96-54)14-15-52-34-56(89-6)67(98-52)64-42(4)63(85)66-55(99-64)19-17-51(97-66)32-47(78)31-45-38-93-57(65(45)90-7)33-48(79)35-74-70(88)94-37-44-10-12-46(13-11-44)75-68(86)53(9-8-24-72-69(71)87)76-59(81)36-73-58(80)22-25-91-27-28-92-26-23-62(84)100-77-60(82)20-21-61(77)83/h10-13,39,42-43,45,48-57,63-67,79,85H,2-3,8-9,14-38H2,1,4-7H3,(H,73,80)(H,74,88)(H,75,86)(H,76,81)(H3,71,72,87)/t39-,42?,43-,45+,48+,49+,50+,51-,52-,53+,54+,55+,56-,57?,63-,64?,65-,66+,67+/m1/s1. The van der Waals surface area contributed by atoms with Gasteiger partial charge in [0.1, 0.15) is 30.6 Å². The van der Waals surface area contributed by atoms with E-state index in [0.29, 0.717) is 41.5 Å². The van der Waals surface area contributed by atoms with Gasteiger partial charge in [-0.15, -0.1) is 5.06 Å². The van der Waals surface area contributed by atoms with Crippen LogP contribution in [0.2, 0.25) is 0 Å². The maximum atomic E-state index is 13.7. The number of Topliss-reactive ketones (excluding diaryl/α,β-unsaturated/α-hetero) is 1. The van der Waals surface area contributed by atoms with Crippen molar-refractivity contribution >= 4 is 59.1 Å². The van der Waals surface area contributed by atoms with E-state index in [-0.39, 0.29) is 177 Å². The number of nitrogens with one attached hydrogen (secondary N) is 5. The van der Waals surface area contributed by atoms with E-state index in [0.717, 1.165) is 49.7 Å². The van der Waals surface area contributed by atoms with E-state index in [9.17, 15) is 53.4 Å². The number of benzene rings is 1. The minimum absolute atomic E-state index is 0.0180. The number of carbonyl (C=O) groups excluding carboxylic acids is 9. The van der Waals surface area contributed by atoms with E-state index in [4.69, 9.17) is 62.7 Å². The van der Waals surface area contributed by atoms with Crippen molar-refractivity contribution in [1.82, 2.24) is 26.3 Å². The van der Waals surface area contributed by atoms with Gasteiger partial charge in [-0.2, -0.15) is 0 Å². The molecule has 3 unspecified atom stereocenters. The van der Waals surface area contributed by atoms with Gasteiger partial charge in [-0.3, -0.25) is 28.8 Å². The Morgan fingerprint density at radius 1 is 0.760 bits per heavy atom. The number of aliphatic hydroxyl groups is 2. The third-order valence-electron chi connectivity index (χ3n) is 19.8. The number of rotatable bonds is 38. The van der Waals surface area contributed by atoms with E-state index < -0.39 is 103 Å². The largest absolute Gasteiger partial charge is 0.445 e. The molecule has 30 heteroatoms. The number of ether oxygens (including phenoxy) is 11. The molecule has 0 aliphatic carbocycles. The Bertz CT molecular complexity index is 2910. The minimum atomic E-state index is -1.09. The summed E-state index contributed by atoms with van der Waals surface area (Å²) in [6.45, 7) is 14.5. The highest BCUT2D eigenvalue weighted by atomic mass is 16.7. The highest BCUT2D eigenvalue weighted by Gasteiger charge is 2.53. The van der Waals surface area contributed by atoms with Crippen LogP contribution in [0.5, 0.6) is 0 Å². The van der Waals surface area contributed by atoms with Gasteiger partial charge in [0, 0.05) is 89.8 Å². The highest BCUT2D eigenvalue weighted by molar-refractivity contribution is 6.01. The molecule has 0 aromatic heterocycles. The van der Waals surface area contributed by atoms with Crippen molar-refractivity contribution in [1.29, 1.82) is 0 Å².